The van der Waals surface area contributed by atoms with Crippen molar-refractivity contribution in [2.24, 2.45) is 0 Å². The molecule has 30 heavy (non-hydrogen) atoms. The maximum atomic E-state index is 4.88. The second-order valence-corrected chi connectivity index (χ2v) is 7.85. The van der Waals surface area contributed by atoms with E-state index in [2.05, 4.69) is 15.7 Å². The summed E-state index contributed by atoms with van der Waals surface area (Å²) in [4.78, 5) is 9.72. The maximum Gasteiger partial charge on any atom is 0.226 e. The fourth-order valence-electron chi connectivity index (χ4n) is 4.09. The van der Waals surface area contributed by atoms with Crippen molar-refractivity contribution in [2.75, 3.05) is 10.6 Å². The molecular weight excluding hydrogens is 372 g/mol. The van der Waals surface area contributed by atoms with E-state index < -0.39 is 0 Å². The molecule has 0 amide bonds. The van der Waals surface area contributed by atoms with Crippen LogP contribution in [0.1, 0.15) is 38.5 Å². The Labute approximate surface area is 176 Å². The van der Waals surface area contributed by atoms with Gasteiger partial charge in [0, 0.05) is 11.7 Å². The molecule has 0 atom stereocenters. The largest absolute Gasteiger partial charge is 0.351 e. The Bertz CT molecular complexity index is 1100. The molecule has 2 aromatic heterocycles. The Morgan fingerprint density at radius 3 is 2.23 bits per heavy atom. The minimum Gasteiger partial charge on any atom is -0.351 e. The minimum absolute atomic E-state index is 0.419. The summed E-state index contributed by atoms with van der Waals surface area (Å²) >= 11 is 0. The van der Waals surface area contributed by atoms with Crippen molar-refractivity contribution in [3.63, 3.8) is 0 Å². The van der Waals surface area contributed by atoms with Crippen molar-refractivity contribution in [1.29, 1.82) is 0 Å². The Balaban J connectivity index is 1.57. The van der Waals surface area contributed by atoms with Crippen LogP contribution >= 0.6 is 0 Å². The van der Waals surface area contributed by atoms with Gasteiger partial charge in [0.2, 0.25) is 5.95 Å². The van der Waals surface area contributed by atoms with Gasteiger partial charge in [0.1, 0.15) is 5.82 Å². The van der Waals surface area contributed by atoms with Crippen LogP contribution in [0.15, 0.2) is 66.9 Å². The molecule has 2 heterocycles. The number of nitrogens with zero attached hydrogens (tertiary/aromatic N) is 4. The molecule has 0 saturated heterocycles. The molecule has 1 aliphatic carbocycles. The topological polar surface area (TPSA) is 67.7 Å². The van der Waals surface area contributed by atoms with Crippen molar-refractivity contribution in [2.45, 2.75) is 44.6 Å². The summed E-state index contributed by atoms with van der Waals surface area (Å²) in [6.45, 7) is 0. The molecule has 2 N–H and O–H groups in total. The lowest BCUT2D eigenvalue weighted by molar-refractivity contribution is 0.615. The summed E-state index contributed by atoms with van der Waals surface area (Å²) in [7, 11) is 0. The van der Waals surface area contributed by atoms with Crippen molar-refractivity contribution in [3.05, 3.63) is 66.9 Å². The lowest BCUT2D eigenvalue weighted by Crippen LogP contribution is -2.20. The zero-order chi connectivity index (χ0) is 20.2. The molecule has 6 nitrogen and oxygen atoms in total. The van der Waals surface area contributed by atoms with E-state index in [0.717, 1.165) is 28.2 Å². The van der Waals surface area contributed by atoms with Crippen LogP contribution in [-0.2, 0) is 0 Å². The van der Waals surface area contributed by atoms with Crippen LogP contribution in [0, 0.1) is 0 Å². The molecule has 0 radical (unpaired) electrons. The van der Waals surface area contributed by atoms with Gasteiger partial charge >= 0.3 is 0 Å². The van der Waals surface area contributed by atoms with Crippen LogP contribution in [0.2, 0.25) is 0 Å². The molecule has 2 aromatic carbocycles. The number of anilines is 3. The van der Waals surface area contributed by atoms with Gasteiger partial charge in [0.15, 0.2) is 5.65 Å². The highest BCUT2D eigenvalue weighted by Gasteiger charge is 2.18. The zero-order valence-electron chi connectivity index (χ0n) is 17.0. The molecule has 1 saturated carbocycles. The molecule has 0 spiro atoms. The summed E-state index contributed by atoms with van der Waals surface area (Å²) < 4.78 is 1.88. The molecule has 152 valence electrons. The van der Waals surface area contributed by atoms with Crippen molar-refractivity contribution < 1.29 is 0 Å². The van der Waals surface area contributed by atoms with Gasteiger partial charge in [-0.15, -0.1) is 0 Å². The molecule has 0 bridgehead atoms. The van der Waals surface area contributed by atoms with E-state index in [0.29, 0.717) is 12.0 Å². The van der Waals surface area contributed by atoms with Gasteiger partial charge in [-0.25, -0.2) is 4.68 Å². The fraction of sp³-hybridized carbons (Fsp3) is 0.292. The molecule has 0 aliphatic heterocycles. The third-order valence-corrected chi connectivity index (χ3v) is 5.65. The molecule has 1 aliphatic rings. The number of para-hydroxylation sites is 2. The Morgan fingerprint density at radius 1 is 0.800 bits per heavy atom. The first-order valence-corrected chi connectivity index (χ1v) is 10.8. The number of fused-ring (bicyclic) bond motifs is 1. The lowest BCUT2D eigenvalue weighted by atomic mass is 10.1. The average Bonchev–Trinajstić information content (AvgIpc) is 3.04. The Kier molecular flexibility index (Phi) is 5.29. The predicted octanol–water partition coefficient (Wildman–Crippen LogP) is 5.69. The highest BCUT2D eigenvalue weighted by Crippen LogP contribution is 2.28. The normalized spacial score (nSPS) is 15.1. The Hall–Kier alpha value is -3.41. The van der Waals surface area contributed by atoms with E-state index in [-0.39, 0.29) is 0 Å². The van der Waals surface area contributed by atoms with Crippen molar-refractivity contribution in [3.8, 4) is 5.69 Å². The van der Waals surface area contributed by atoms with Gasteiger partial charge in [-0.3, -0.25) is 0 Å². The maximum absolute atomic E-state index is 4.88. The van der Waals surface area contributed by atoms with Crippen LogP contribution < -0.4 is 10.6 Å². The molecular formula is C24H26N6. The summed E-state index contributed by atoms with van der Waals surface area (Å²) in [6, 6.07) is 20.6. The standard InChI is InChI=1S/C24H26N6/c1-2-6-14-19(13-5-1)27-24-28-22(26-18-11-7-3-8-12-18)21-17-25-30(23(21)29-24)20-15-9-4-10-16-20/h3-4,7-12,15-17,19H,1-2,5-6,13-14H2,(H2,26,27,28,29). The van der Waals surface area contributed by atoms with Gasteiger partial charge in [0.25, 0.3) is 0 Å². The predicted molar refractivity (Wildman–Crippen MR) is 121 cm³/mol. The molecule has 4 aromatic rings. The van der Waals surface area contributed by atoms with E-state index in [4.69, 9.17) is 9.97 Å². The first-order valence-electron chi connectivity index (χ1n) is 10.8. The minimum atomic E-state index is 0.419. The number of aromatic nitrogens is 4. The van der Waals surface area contributed by atoms with Crippen LogP contribution in [0.4, 0.5) is 17.5 Å². The monoisotopic (exact) mass is 398 g/mol. The number of nitrogens with one attached hydrogen (secondary N) is 2. The zero-order valence-corrected chi connectivity index (χ0v) is 17.0. The van der Waals surface area contributed by atoms with Gasteiger partial charge in [-0.05, 0) is 37.1 Å². The van der Waals surface area contributed by atoms with Gasteiger partial charge < -0.3 is 10.6 Å². The summed E-state index contributed by atoms with van der Waals surface area (Å²) in [5.74, 6) is 1.43. The van der Waals surface area contributed by atoms with E-state index >= 15 is 0 Å². The van der Waals surface area contributed by atoms with Crippen LogP contribution in [-0.4, -0.2) is 25.8 Å². The van der Waals surface area contributed by atoms with Gasteiger partial charge in [-0.2, -0.15) is 15.1 Å². The second-order valence-electron chi connectivity index (χ2n) is 7.85. The van der Waals surface area contributed by atoms with Crippen LogP contribution in [0.3, 0.4) is 0 Å². The third-order valence-electron chi connectivity index (χ3n) is 5.65. The molecule has 0 unspecified atom stereocenters. The third kappa shape index (κ3) is 3.99. The molecule has 1 fully saturated rings. The van der Waals surface area contributed by atoms with Crippen molar-refractivity contribution in [1.82, 2.24) is 19.7 Å². The summed E-state index contributed by atoms with van der Waals surface area (Å²) in [5, 5.41) is 12.6. The average molecular weight is 399 g/mol. The van der Waals surface area contributed by atoms with E-state index in [1.807, 2.05) is 71.5 Å². The Morgan fingerprint density at radius 2 is 1.50 bits per heavy atom. The first-order chi connectivity index (χ1) is 14.9. The van der Waals surface area contributed by atoms with Gasteiger partial charge in [0.05, 0.1) is 17.3 Å². The van der Waals surface area contributed by atoms with E-state index in [9.17, 15) is 0 Å². The number of rotatable bonds is 5. The summed E-state index contributed by atoms with van der Waals surface area (Å²) in [5.41, 5.74) is 2.77. The van der Waals surface area contributed by atoms with Crippen molar-refractivity contribution >= 4 is 28.5 Å². The van der Waals surface area contributed by atoms with E-state index in [1.165, 1.54) is 38.5 Å². The SMILES string of the molecule is c1ccc(Nc2nc(NC3CCCCCC3)nc3c2cnn3-c2ccccc2)cc1. The fourth-order valence-corrected chi connectivity index (χ4v) is 4.09. The van der Waals surface area contributed by atoms with Crippen LogP contribution in [0.25, 0.3) is 16.7 Å². The number of hydrogen-bond donors (Lipinski definition) is 2. The summed E-state index contributed by atoms with van der Waals surface area (Å²) in [6.07, 6.45) is 9.33. The number of hydrogen-bond acceptors (Lipinski definition) is 5. The second kappa shape index (κ2) is 8.53. The van der Waals surface area contributed by atoms with Crippen LogP contribution in [0.5, 0.6) is 0 Å². The molecule has 5 rings (SSSR count). The first kappa shape index (κ1) is 18.6. The smallest absolute Gasteiger partial charge is 0.226 e. The highest BCUT2D eigenvalue weighted by molar-refractivity contribution is 5.90. The van der Waals surface area contributed by atoms with E-state index in [1.54, 1.807) is 0 Å². The van der Waals surface area contributed by atoms with Gasteiger partial charge in [-0.1, -0.05) is 62.1 Å². The quantitative estimate of drug-likeness (QED) is 0.423. The molecule has 6 heteroatoms. The highest BCUT2D eigenvalue weighted by atomic mass is 15.3. The lowest BCUT2D eigenvalue weighted by Gasteiger charge is -2.17. The number of benzene rings is 2.